The molecule has 3 unspecified atom stereocenters. The third-order valence-electron chi connectivity index (χ3n) is 4.02. The summed E-state index contributed by atoms with van der Waals surface area (Å²) in [5, 5.41) is 0.260. The lowest BCUT2D eigenvalue weighted by atomic mass is 9.87. The lowest BCUT2D eigenvalue weighted by Crippen LogP contribution is -2.24. The maximum Gasteiger partial charge on any atom is 0.137 e. The predicted molar refractivity (Wildman–Crippen MR) is 79.9 cm³/mol. The molecule has 0 bridgehead atoms. The Balaban J connectivity index is 2.19. The summed E-state index contributed by atoms with van der Waals surface area (Å²) in [5.41, 5.74) is 6.39. The number of hydrogen-bond acceptors (Lipinski definition) is 3. The van der Waals surface area contributed by atoms with Crippen molar-refractivity contribution in [2.75, 3.05) is 12.8 Å². The lowest BCUT2D eigenvalue weighted by molar-refractivity contribution is 0.353. The standard InChI is InChI=1S/C15H23NO2S/c1-3-11-5-4-6-13(9-11)19(17)15-8-7-12(16)10-14(15)18-2/h7-8,10-11,13H,3-6,9,16H2,1-2H3. The molecule has 1 aliphatic carbocycles. The van der Waals surface area contributed by atoms with E-state index in [2.05, 4.69) is 6.92 Å². The minimum atomic E-state index is -0.992. The molecule has 19 heavy (non-hydrogen) atoms. The predicted octanol–water partition coefficient (Wildman–Crippen LogP) is 3.35. The van der Waals surface area contributed by atoms with Crippen molar-refractivity contribution in [2.24, 2.45) is 5.92 Å². The Morgan fingerprint density at radius 3 is 2.89 bits per heavy atom. The lowest BCUT2D eigenvalue weighted by Gasteiger charge is -2.28. The van der Waals surface area contributed by atoms with E-state index in [0.29, 0.717) is 11.4 Å². The topological polar surface area (TPSA) is 52.3 Å². The second-order valence-electron chi connectivity index (χ2n) is 5.27. The minimum Gasteiger partial charge on any atom is -0.495 e. The number of anilines is 1. The van der Waals surface area contributed by atoms with Crippen LogP contribution in [-0.2, 0) is 10.8 Å². The first-order chi connectivity index (χ1) is 9.15. The van der Waals surface area contributed by atoms with Crippen LogP contribution in [0.25, 0.3) is 0 Å². The number of rotatable bonds is 4. The molecular weight excluding hydrogens is 258 g/mol. The Morgan fingerprint density at radius 1 is 1.42 bits per heavy atom. The van der Waals surface area contributed by atoms with Crippen LogP contribution < -0.4 is 10.5 Å². The Hall–Kier alpha value is -1.03. The highest BCUT2D eigenvalue weighted by atomic mass is 32.2. The first kappa shape index (κ1) is 14.4. The molecule has 1 aliphatic rings. The smallest absolute Gasteiger partial charge is 0.137 e. The van der Waals surface area contributed by atoms with E-state index in [0.717, 1.165) is 23.7 Å². The van der Waals surface area contributed by atoms with Crippen LogP contribution in [-0.4, -0.2) is 16.6 Å². The summed E-state index contributed by atoms with van der Waals surface area (Å²) >= 11 is 0. The van der Waals surface area contributed by atoms with Crippen LogP contribution in [0.5, 0.6) is 5.75 Å². The van der Waals surface area contributed by atoms with Gasteiger partial charge in [-0.15, -0.1) is 0 Å². The van der Waals surface area contributed by atoms with Gasteiger partial charge in [0.25, 0.3) is 0 Å². The van der Waals surface area contributed by atoms with Crippen LogP contribution in [0.1, 0.15) is 39.0 Å². The molecule has 0 aliphatic heterocycles. The fourth-order valence-corrected chi connectivity index (χ4v) is 4.57. The molecule has 0 saturated heterocycles. The van der Waals surface area contributed by atoms with E-state index in [1.54, 1.807) is 19.2 Å². The number of methoxy groups -OCH3 is 1. The van der Waals surface area contributed by atoms with E-state index >= 15 is 0 Å². The van der Waals surface area contributed by atoms with Gasteiger partial charge in [0, 0.05) is 17.0 Å². The molecule has 0 spiro atoms. The van der Waals surface area contributed by atoms with E-state index in [1.807, 2.05) is 6.07 Å². The van der Waals surface area contributed by atoms with Crippen molar-refractivity contribution in [1.29, 1.82) is 0 Å². The van der Waals surface area contributed by atoms with Crippen molar-refractivity contribution in [1.82, 2.24) is 0 Å². The SMILES string of the molecule is CCC1CCCC(S(=O)c2ccc(N)cc2OC)C1. The molecule has 1 aromatic carbocycles. The van der Waals surface area contributed by atoms with E-state index in [4.69, 9.17) is 10.5 Å². The van der Waals surface area contributed by atoms with Gasteiger partial charge in [-0.05, 0) is 30.9 Å². The molecule has 1 aromatic rings. The summed E-state index contributed by atoms with van der Waals surface area (Å²) in [6.07, 6.45) is 5.77. The van der Waals surface area contributed by atoms with Gasteiger partial charge in [0.05, 0.1) is 22.8 Å². The van der Waals surface area contributed by atoms with Gasteiger partial charge in [-0.25, -0.2) is 0 Å². The van der Waals surface area contributed by atoms with E-state index in [-0.39, 0.29) is 5.25 Å². The van der Waals surface area contributed by atoms with Crippen LogP contribution in [0, 0.1) is 5.92 Å². The third kappa shape index (κ3) is 3.30. The van der Waals surface area contributed by atoms with Gasteiger partial charge < -0.3 is 10.5 Å². The molecule has 0 amide bonds. The van der Waals surface area contributed by atoms with Gasteiger partial charge >= 0.3 is 0 Å². The molecule has 3 atom stereocenters. The van der Waals surface area contributed by atoms with Gasteiger partial charge in [0.2, 0.25) is 0 Å². The zero-order valence-electron chi connectivity index (χ0n) is 11.7. The fourth-order valence-electron chi connectivity index (χ4n) is 2.84. The first-order valence-electron chi connectivity index (χ1n) is 6.99. The summed E-state index contributed by atoms with van der Waals surface area (Å²) in [6, 6.07) is 5.41. The van der Waals surface area contributed by atoms with E-state index in [9.17, 15) is 4.21 Å². The van der Waals surface area contributed by atoms with Crippen molar-refractivity contribution in [3.05, 3.63) is 18.2 Å². The zero-order valence-corrected chi connectivity index (χ0v) is 12.5. The van der Waals surface area contributed by atoms with Crippen LogP contribution in [0.2, 0.25) is 0 Å². The molecule has 0 heterocycles. The highest BCUT2D eigenvalue weighted by molar-refractivity contribution is 7.85. The molecular formula is C15H23NO2S. The molecule has 0 radical (unpaired) electrons. The first-order valence-corrected chi connectivity index (χ1v) is 8.21. The third-order valence-corrected chi connectivity index (χ3v) is 5.82. The number of hydrogen-bond donors (Lipinski definition) is 1. The number of ether oxygens (including phenoxy) is 1. The Kier molecular flexibility index (Phi) is 4.86. The molecule has 1 fully saturated rings. The Morgan fingerprint density at radius 2 is 2.21 bits per heavy atom. The van der Waals surface area contributed by atoms with Crippen LogP contribution in [0.3, 0.4) is 0 Å². The molecule has 2 rings (SSSR count). The van der Waals surface area contributed by atoms with Gasteiger partial charge in [-0.1, -0.05) is 26.2 Å². The molecule has 0 aromatic heterocycles. The monoisotopic (exact) mass is 281 g/mol. The average Bonchev–Trinajstić information content (AvgIpc) is 2.46. The molecule has 4 heteroatoms. The second-order valence-corrected chi connectivity index (χ2v) is 6.97. The summed E-state index contributed by atoms with van der Waals surface area (Å²) in [5.74, 6) is 1.37. The van der Waals surface area contributed by atoms with Gasteiger partial charge in [0.1, 0.15) is 5.75 Å². The van der Waals surface area contributed by atoms with Crippen molar-refractivity contribution < 1.29 is 8.95 Å². The summed E-state index contributed by atoms with van der Waals surface area (Å²) in [4.78, 5) is 0.790. The molecule has 1 saturated carbocycles. The highest BCUT2D eigenvalue weighted by Crippen LogP contribution is 2.34. The average molecular weight is 281 g/mol. The molecule has 106 valence electrons. The van der Waals surface area contributed by atoms with Crippen molar-refractivity contribution in [2.45, 2.75) is 49.2 Å². The summed E-state index contributed by atoms with van der Waals surface area (Å²) in [7, 11) is 0.610. The number of benzene rings is 1. The highest BCUT2D eigenvalue weighted by Gasteiger charge is 2.27. The van der Waals surface area contributed by atoms with Crippen LogP contribution in [0.4, 0.5) is 5.69 Å². The van der Waals surface area contributed by atoms with Crippen molar-refractivity contribution >= 4 is 16.5 Å². The van der Waals surface area contributed by atoms with Crippen LogP contribution >= 0.6 is 0 Å². The Bertz CT molecular complexity index is 461. The van der Waals surface area contributed by atoms with Gasteiger partial charge in [-0.3, -0.25) is 4.21 Å². The second kappa shape index (κ2) is 6.42. The van der Waals surface area contributed by atoms with E-state index in [1.165, 1.54) is 19.3 Å². The van der Waals surface area contributed by atoms with Crippen molar-refractivity contribution in [3.8, 4) is 5.75 Å². The zero-order chi connectivity index (χ0) is 13.8. The fraction of sp³-hybridized carbons (Fsp3) is 0.600. The maximum atomic E-state index is 12.7. The van der Waals surface area contributed by atoms with Crippen LogP contribution in [0.15, 0.2) is 23.1 Å². The molecule has 3 nitrogen and oxygen atoms in total. The Labute approximate surface area is 118 Å². The van der Waals surface area contributed by atoms with E-state index < -0.39 is 10.8 Å². The van der Waals surface area contributed by atoms with Crippen molar-refractivity contribution in [3.63, 3.8) is 0 Å². The minimum absolute atomic E-state index is 0.260. The number of nitrogen functional groups attached to an aromatic ring is 1. The summed E-state index contributed by atoms with van der Waals surface area (Å²) < 4.78 is 18.1. The molecule has 2 N–H and O–H groups in total. The maximum absolute atomic E-state index is 12.7. The largest absolute Gasteiger partial charge is 0.495 e. The van der Waals surface area contributed by atoms with Gasteiger partial charge in [0.15, 0.2) is 0 Å². The summed E-state index contributed by atoms with van der Waals surface area (Å²) in [6.45, 7) is 2.22. The van der Waals surface area contributed by atoms with Gasteiger partial charge in [-0.2, -0.15) is 0 Å². The number of nitrogens with two attached hydrogens (primary N) is 1. The normalized spacial score (nSPS) is 24.9. The quantitative estimate of drug-likeness (QED) is 0.861.